The van der Waals surface area contributed by atoms with Gasteiger partial charge in [-0.15, -0.1) is 11.3 Å². The van der Waals surface area contributed by atoms with Crippen LogP contribution in [0.4, 0.5) is 5.69 Å². The van der Waals surface area contributed by atoms with E-state index in [1.54, 1.807) is 11.3 Å². The molecule has 0 bridgehead atoms. The maximum absolute atomic E-state index is 12.3. The first-order chi connectivity index (χ1) is 13.7. The van der Waals surface area contributed by atoms with Crippen molar-refractivity contribution < 1.29 is 14.4 Å². The summed E-state index contributed by atoms with van der Waals surface area (Å²) in [4.78, 5) is 18.3. The Morgan fingerprint density at radius 3 is 2.71 bits per heavy atom. The largest absolute Gasteiger partial charge is 0.370 e. The number of benzene rings is 2. The Bertz CT molecular complexity index is 952. The number of amides is 1. The summed E-state index contributed by atoms with van der Waals surface area (Å²) in [6.45, 7) is 3.65. The molecule has 0 atom stereocenters. The predicted octanol–water partition coefficient (Wildman–Crippen LogP) is 2.98. The molecule has 1 aliphatic rings. The Morgan fingerprint density at radius 2 is 1.93 bits per heavy atom. The molecule has 0 unspecified atom stereocenters. The van der Waals surface area contributed by atoms with Gasteiger partial charge in [-0.2, -0.15) is 0 Å². The molecule has 0 spiro atoms. The van der Waals surface area contributed by atoms with E-state index in [0.717, 1.165) is 53.8 Å². The first-order valence-corrected chi connectivity index (χ1v) is 10.5. The van der Waals surface area contributed by atoms with Crippen molar-refractivity contribution in [1.82, 2.24) is 4.98 Å². The lowest BCUT2D eigenvalue weighted by Crippen LogP contribution is -3.15. The summed E-state index contributed by atoms with van der Waals surface area (Å²) < 4.78 is 5.34. The topological polar surface area (TPSA) is 55.7 Å². The molecule has 1 aromatic heterocycles. The first kappa shape index (κ1) is 19.1. The maximum Gasteiger partial charge on any atom is 0.279 e. The molecule has 5 nitrogen and oxygen atoms in total. The van der Waals surface area contributed by atoms with Crippen molar-refractivity contribution in [2.45, 2.75) is 0 Å². The quantitative estimate of drug-likeness (QED) is 0.674. The second-order valence-corrected chi connectivity index (χ2v) is 8.01. The Labute approximate surface area is 172 Å². The van der Waals surface area contributed by atoms with Crippen LogP contribution in [0.3, 0.4) is 0 Å². The van der Waals surface area contributed by atoms with E-state index < -0.39 is 0 Å². The van der Waals surface area contributed by atoms with Gasteiger partial charge in [0.15, 0.2) is 6.54 Å². The molecule has 0 radical (unpaired) electrons. The SMILES string of the molecule is O=C(C[NH+]1CCOCC1)Nc1cccc(-c2nc(-c3ccc(Cl)cc3)cs2)c1. The summed E-state index contributed by atoms with van der Waals surface area (Å²) in [6.07, 6.45) is 0. The minimum absolute atomic E-state index is 0.0232. The van der Waals surface area contributed by atoms with Gasteiger partial charge < -0.3 is 15.0 Å². The van der Waals surface area contributed by atoms with Crippen LogP contribution in [0, 0.1) is 0 Å². The van der Waals surface area contributed by atoms with E-state index >= 15 is 0 Å². The molecular formula is C21H21ClN3O2S+. The normalized spacial score (nSPS) is 14.8. The van der Waals surface area contributed by atoms with Crippen molar-refractivity contribution >= 4 is 34.5 Å². The molecule has 0 aliphatic carbocycles. The van der Waals surface area contributed by atoms with Crippen LogP contribution < -0.4 is 10.2 Å². The van der Waals surface area contributed by atoms with E-state index in [1.165, 1.54) is 4.90 Å². The van der Waals surface area contributed by atoms with Crippen molar-refractivity contribution in [1.29, 1.82) is 0 Å². The van der Waals surface area contributed by atoms with Gasteiger partial charge in [0.25, 0.3) is 5.91 Å². The number of hydrogen-bond donors (Lipinski definition) is 2. The Hall–Kier alpha value is -2.25. The summed E-state index contributed by atoms with van der Waals surface area (Å²) in [5, 5.41) is 6.67. The fraction of sp³-hybridized carbons (Fsp3) is 0.238. The van der Waals surface area contributed by atoms with Crippen LogP contribution in [0.1, 0.15) is 0 Å². The zero-order valence-corrected chi connectivity index (χ0v) is 16.9. The molecule has 28 heavy (non-hydrogen) atoms. The van der Waals surface area contributed by atoms with Crippen LogP contribution in [0.5, 0.6) is 0 Å². The fourth-order valence-electron chi connectivity index (χ4n) is 3.16. The number of carbonyl (C=O) groups is 1. The first-order valence-electron chi connectivity index (χ1n) is 9.20. The maximum atomic E-state index is 12.3. The van der Waals surface area contributed by atoms with Gasteiger partial charge >= 0.3 is 0 Å². The highest BCUT2D eigenvalue weighted by molar-refractivity contribution is 7.13. The zero-order chi connectivity index (χ0) is 19.3. The molecule has 2 N–H and O–H groups in total. The second-order valence-electron chi connectivity index (χ2n) is 6.71. The highest BCUT2D eigenvalue weighted by atomic mass is 35.5. The minimum Gasteiger partial charge on any atom is -0.370 e. The zero-order valence-electron chi connectivity index (χ0n) is 15.3. The van der Waals surface area contributed by atoms with Crippen molar-refractivity contribution in [2.75, 3.05) is 38.2 Å². The summed E-state index contributed by atoms with van der Waals surface area (Å²) in [5.41, 5.74) is 3.73. The molecule has 4 rings (SSSR count). The predicted molar refractivity (Wildman–Crippen MR) is 113 cm³/mol. The molecule has 144 valence electrons. The van der Waals surface area contributed by atoms with Gasteiger partial charge in [0.2, 0.25) is 0 Å². The number of nitrogens with one attached hydrogen (secondary N) is 2. The molecule has 1 fully saturated rings. The monoisotopic (exact) mass is 414 g/mol. The van der Waals surface area contributed by atoms with E-state index in [2.05, 4.69) is 5.32 Å². The standard InChI is InChI=1S/C21H20ClN3O2S/c22-17-6-4-15(5-7-17)19-14-28-21(24-19)16-2-1-3-18(12-16)23-20(26)13-25-8-10-27-11-9-25/h1-7,12,14H,8-11,13H2,(H,23,26)/p+1. The summed E-state index contributed by atoms with van der Waals surface area (Å²) in [5.74, 6) is 0.0232. The molecule has 2 aromatic carbocycles. The molecule has 2 heterocycles. The number of quaternary nitrogens is 1. The number of carbonyl (C=O) groups excluding carboxylic acids is 1. The van der Waals surface area contributed by atoms with Crippen molar-refractivity contribution in [3.05, 3.63) is 58.9 Å². The number of thiazole rings is 1. The van der Waals surface area contributed by atoms with Crippen LogP contribution in [0.15, 0.2) is 53.9 Å². The third-order valence-corrected chi connectivity index (χ3v) is 5.79. The van der Waals surface area contributed by atoms with E-state index in [-0.39, 0.29) is 5.91 Å². The molecule has 1 aliphatic heterocycles. The van der Waals surface area contributed by atoms with E-state index in [4.69, 9.17) is 21.3 Å². The highest BCUT2D eigenvalue weighted by Crippen LogP contribution is 2.30. The number of rotatable bonds is 5. The summed E-state index contributed by atoms with van der Waals surface area (Å²) >= 11 is 7.54. The third kappa shape index (κ3) is 4.77. The Morgan fingerprint density at radius 1 is 1.14 bits per heavy atom. The van der Waals surface area contributed by atoms with Crippen LogP contribution in [-0.2, 0) is 9.53 Å². The van der Waals surface area contributed by atoms with Crippen molar-refractivity contribution in [3.8, 4) is 21.8 Å². The molecule has 0 saturated carbocycles. The second kappa shape index (κ2) is 8.84. The lowest BCUT2D eigenvalue weighted by atomic mass is 10.2. The lowest BCUT2D eigenvalue weighted by Gasteiger charge is -2.23. The Balaban J connectivity index is 1.45. The van der Waals surface area contributed by atoms with Gasteiger partial charge in [-0.3, -0.25) is 4.79 Å². The van der Waals surface area contributed by atoms with E-state index in [9.17, 15) is 4.79 Å². The van der Waals surface area contributed by atoms with Crippen molar-refractivity contribution in [2.24, 2.45) is 0 Å². The number of ether oxygens (including phenoxy) is 1. The van der Waals surface area contributed by atoms with Crippen LogP contribution >= 0.6 is 22.9 Å². The van der Waals surface area contributed by atoms with Crippen LogP contribution in [0.2, 0.25) is 5.02 Å². The van der Waals surface area contributed by atoms with Gasteiger partial charge in [-0.1, -0.05) is 35.9 Å². The average Bonchev–Trinajstić information content (AvgIpc) is 3.20. The molecular weight excluding hydrogens is 394 g/mol. The molecule has 1 saturated heterocycles. The number of morpholine rings is 1. The average molecular weight is 415 g/mol. The summed E-state index contributed by atoms with van der Waals surface area (Å²) in [6, 6.07) is 15.5. The van der Waals surface area contributed by atoms with Gasteiger partial charge in [0, 0.05) is 27.2 Å². The summed E-state index contributed by atoms with van der Waals surface area (Å²) in [7, 11) is 0. The van der Waals surface area contributed by atoms with Gasteiger partial charge in [0.1, 0.15) is 18.1 Å². The van der Waals surface area contributed by atoms with Crippen LogP contribution in [-0.4, -0.2) is 43.7 Å². The van der Waals surface area contributed by atoms with E-state index in [1.807, 2.05) is 53.9 Å². The third-order valence-electron chi connectivity index (χ3n) is 4.65. The number of anilines is 1. The van der Waals surface area contributed by atoms with Gasteiger partial charge in [-0.25, -0.2) is 4.98 Å². The van der Waals surface area contributed by atoms with Crippen molar-refractivity contribution in [3.63, 3.8) is 0 Å². The molecule has 3 aromatic rings. The fourth-order valence-corrected chi connectivity index (χ4v) is 4.11. The van der Waals surface area contributed by atoms with Crippen LogP contribution in [0.25, 0.3) is 21.8 Å². The number of aromatic nitrogens is 1. The molecule has 7 heteroatoms. The van der Waals surface area contributed by atoms with Gasteiger partial charge in [0.05, 0.1) is 18.9 Å². The van der Waals surface area contributed by atoms with Gasteiger partial charge in [-0.05, 0) is 24.3 Å². The van der Waals surface area contributed by atoms with E-state index in [0.29, 0.717) is 11.6 Å². The Kier molecular flexibility index (Phi) is 6.02. The smallest absolute Gasteiger partial charge is 0.279 e. The lowest BCUT2D eigenvalue weighted by molar-refractivity contribution is -0.899. The minimum atomic E-state index is 0.0232. The molecule has 1 amide bonds. The number of nitrogens with zero attached hydrogens (tertiary/aromatic N) is 1. The highest BCUT2D eigenvalue weighted by Gasteiger charge is 2.18. The number of halogens is 1. The number of hydrogen-bond acceptors (Lipinski definition) is 4.